The summed E-state index contributed by atoms with van der Waals surface area (Å²) in [5.74, 6) is -0.315. The van der Waals surface area contributed by atoms with Crippen molar-refractivity contribution in [3.05, 3.63) is 12.7 Å². The third kappa shape index (κ3) is 7.27. The van der Waals surface area contributed by atoms with Crippen molar-refractivity contribution >= 4 is 23.3 Å². The fourth-order valence-corrected chi connectivity index (χ4v) is 0.747. The fraction of sp³-hybridized carbons (Fsp3) is 0.500. The second-order valence-corrected chi connectivity index (χ2v) is 2.57. The molecule has 0 saturated carbocycles. The average molecular weight is 202 g/mol. The molecule has 0 saturated heterocycles. The van der Waals surface area contributed by atoms with Crippen molar-refractivity contribution in [1.82, 2.24) is 10.6 Å². The SMILES string of the molecule is C=CCNC(=S)NCC(=O)OCC. The summed E-state index contributed by atoms with van der Waals surface area (Å²) in [4.78, 5) is 10.8. The molecule has 5 heteroatoms. The summed E-state index contributed by atoms with van der Waals surface area (Å²) in [5, 5.41) is 5.95. The first-order valence-corrected chi connectivity index (χ1v) is 4.39. The normalized spacial score (nSPS) is 8.69. The third-order valence-electron chi connectivity index (χ3n) is 1.11. The minimum absolute atomic E-state index is 0.0941. The number of thiocarbonyl (C=S) groups is 1. The van der Waals surface area contributed by atoms with E-state index in [2.05, 4.69) is 21.9 Å². The van der Waals surface area contributed by atoms with Gasteiger partial charge in [0.2, 0.25) is 0 Å². The Bertz CT molecular complexity index is 195. The Morgan fingerprint density at radius 2 is 2.31 bits per heavy atom. The molecule has 0 fully saturated rings. The minimum Gasteiger partial charge on any atom is -0.465 e. The summed E-state index contributed by atoms with van der Waals surface area (Å²) in [6, 6.07) is 0. The van der Waals surface area contributed by atoms with Crippen LogP contribution in [0.3, 0.4) is 0 Å². The number of rotatable bonds is 5. The number of hydrogen-bond acceptors (Lipinski definition) is 3. The molecule has 0 radical (unpaired) electrons. The summed E-state index contributed by atoms with van der Waals surface area (Å²) in [7, 11) is 0. The molecule has 4 nitrogen and oxygen atoms in total. The van der Waals surface area contributed by atoms with E-state index in [-0.39, 0.29) is 12.5 Å². The monoisotopic (exact) mass is 202 g/mol. The molecule has 0 unspecified atom stereocenters. The first-order chi connectivity index (χ1) is 6.20. The Labute approximate surface area is 83.3 Å². The first-order valence-electron chi connectivity index (χ1n) is 3.99. The lowest BCUT2D eigenvalue weighted by Crippen LogP contribution is -2.38. The van der Waals surface area contributed by atoms with Crippen LogP contribution in [0.4, 0.5) is 0 Å². The lowest BCUT2D eigenvalue weighted by Gasteiger charge is -2.07. The van der Waals surface area contributed by atoms with E-state index in [0.717, 1.165) is 0 Å². The van der Waals surface area contributed by atoms with Crippen molar-refractivity contribution < 1.29 is 9.53 Å². The average Bonchev–Trinajstić information content (AvgIpc) is 2.12. The lowest BCUT2D eigenvalue weighted by molar-refractivity contribution is -0.141. The van der Waals surface area contributed by atoms with Crippen LogP contribution in [0.5, 0.6) is 0 Å². The van der Waals surface area contributed by atoms with Gasteiger partial charge in [-0.15, -0.1) is 6.58 Å². The molecule has 13 heavy (non-hydrogen) atoms. The van der Waals surface area contributed by atoms with Gasteiger partial charge in [-0.2, -0.15) is 0 Å². The quantitative estimate of drug-likeness (QED) is 0.379. The molecule has 0 aromatic carbocycles. The van der Waals surface area contributed by atoms with Gasteiger partial charge in [-0.3, -0.25) is 4.79 Å². The van der Waals surface area contributed by atoms with Gasteiger partial charge in [0.15, 0.2) is 5.11 Å². The molecule has 2 N–H and O–H groups in total. The largest absolute Gasteiger partial charge is 0.465 e. The maximum absolute atomic E-state index is 10.8. The molecular weight excluding hydrogens is 188 g/mol. The predicted octanol–water partition coefficient (Wildman–Crippen LogP) is 0.200. The van der Waals surface area contributed by atoms with Crippen LogP contribution in [0.1, 0.15) is 6.92 Å². The molecule has 0 aliphatic rings. The van der Waals surface area contributed by atoms with Gasteiger partial charge < -0.3 is 15.4 Å². The molecule has 74 valence electrons. The van der Waals surface area contributed by atoms with Crippen molar-refractivity contribution in [2.24, 2.45) is 0 Å². The van der Waals surface area contributed by atoms with Gasteiger partial charge in [-0.25, -0.2) is 0 Å². The number of carbonyl (C=O) groups is 1. The molecule has 0 aliphatic heterocycles. The predicted molar refractivity (Wildman–Crippen MR) is 55.4 cm³/mol. The van der Waals surface area contributed by atoms with Gasteiger partial charge in [0.25, 0.3) is 0 Å². The zero-order valence-electron chi connectivity index (χ0n) is 7.63. The van der Waals surface area contributed by atoms with E-state index in [1.807, 2.05) is 0 Å². The third-order valence-corrected chi connectivity index (χ3v) is 1.39. The second kappa shape index (κ2) is 7.54. The molecule has 0 aromatic heterocycles. The highest BCUT2D eigenvalue weighted by Gasteiger charge is 2.01. The van der Waals surface area contributed by atoms with Gasteiger partial charge in [-0.05, 0) is 19.1 Å². The number of ether oxygens (including phenoxy) is 1. The van der Waals surface area contributed by atoms with Gasteiger partial charge >= 0.3 is 5.97 Å². The number of carbonyl (C=O) groups excluding carboxylic acids is 1. The molecule has 0 amide bonds. The van der Waals surface area contributed by atoms with Crippen molar-refractivity contribution in [2.45, 2.75) is 6.92 Å². The van der Waals surface area contributed by atoms with E-state index in [4.69, 9.17) is 12.2 Å². The Hall–Kier alpha value is -1.10. The van der Waals surface area contributed by atoms with Crippen LogP contribution in [0.25, 0.3) is 0 Å². The van der Waals surface area contributed by atoms with Crippen LogP contribution in [0.15, 0.2) is 12.7 Å². The number of nitrogens with one attached hydrogen (secondary N) is 2. The molecule has 0 rings (SSSR count). The van der Waals surface area contributed by atoms with Gasteiger partial charge in [-0.1, -0.05) is 6.08 Å². The molecule has 0 bridgehead atoms. The van der Waals surface area contributed by atoms with Crippen LogP contribution in [0, 0.1) is 0 Å². The maximum Gasteiger partial charge on any atom is 0.325 e. The lowest BCUT2D eigenvalue weighted by atomic mass is 10.6. The Morgan fingerprint density at radius 3 is 2.85 bits per heavy atom. The van der Waals surface area contributed by atoms with Crippen LogP contribution < -0.4 is 10.6 Å². The molecule has 0 aromatic rings. The summed E-state index contributed by atoms with van der Waals surface area (Å²) in [6.07, 6.45) is 1.68. The smallest absolute Gasteiger partial charge is 0.325 e. The molecule has 0 atom stereocenters. The summed E-state index contributed by atoms with van der Waals surface area (Å²) >= 11 is 4.84. The highest BCUT2D eigenvalue weighted by atomic mass is 32.1. The van der Waals surface area contributed by atoms with Gasteiger partial charge in [0.1, 0.15) is 6.54 Å². The molecule has 0 spiro atoms. The minimum atomic E-state index is -0.315. The Morgan fingerprint density at radius 1 is 1.62 bits per heavy atom. The van der Waals surface area contributed by atoms with Crippen molar-refractivity contribution in [3.8, 4) is 0 Å². The van der Waals surface area contributed by atoms with Gasteiger partial charge in [0.05, 0.1) is 6.61 Å². The second-order valence-electron chi connectivity index (χ2n) is 2.16. The van der Waals surface area contributed by atoms with Crippen LogP contribution >= 0.6 is 12.2 Å². The van der Waals surface area contributed by atoms with E-state index >= 15 is 0 Å². The van der Waals surface area contributed by atoms with Crippen molar-refractivity contribution in [1.29, 1.82) is 0 Å². The topological polar surface area (TPSA) is 50.4 Å². The molecule has 0 aliphatic carbocycles. The first kappa shape index (κ1) is 11.9. The van der Waals surface area contributed by atoms with Crippen LogP contribution in [-0.2, 0) is 9.53 Å². The maximum atomic E-state index is 10.8. The van der Waals surface area contributed by atoms with E-state index in [9.17, 15) is 4.79 Å². The van der Waals surface area contributed by atoms with E-state index < -0.39 is 0 Å². The Kier molecular flexibility index (Phi) is 6.91. The van der Waals surface area contributed by atoms with Crippen LogP contribution in [0.2, 0.25) is 0 Å². The zero-order chi connectivity index (χ0) is 10.1. The zero-order valence-corrected chi connectivity index (χ0v) is 8.45. The summed E-state index contributed by atoms with van der Waals surface area (Å²) < 4.78 is 4.69. The Balaban J connectivity index is 3.45. The number of hydrogen-bond donors (Lipinski definition) is 2. The molecular formula is C8H14N2O2S. The van der Waals surface area contributed by atoms with Gasteiger partial charge in [0, 0.05) is 6.54 Å². The van der Waals surface area contributed by atoms with E-state index in [1.165, 1.54) is 0 Å². The van der Waals surface area contributed by atoms with Crippen LogP contribution in [-0.4, -0.2) is 30.8 Å². The standard InChI is InChI=1S/C8H14N2O2S/c1-3-5-9-8(13)10-6-7(11)12-4-2/h3H,1,4-6H2,2H3,(H2,9,10,13). The van der Waals surface area contributed by atoms with E-state index in [1.54, 1.807) is 13.0 Å². The van der Waals surface area contributed by atoms with Crippen molar-refractivity contribution in [3.63, 3.8) is 0 Å². The fourth-order valence-electron chi connectivity index (χ4n) is 0.592. The highest BCUT2D eigenvalue weighted by Crippen LogP contribution is 1.75. The number of esters is 1. The summed E-state index contributed by atoms with van der Waals surface area (Å²) in [6.45, 7) is 6.33. The molecule has 0 heterocycles. The highest BCUT2D eigenvalue weighted by molar-refractivity contribution is 7.80. The van der Waals surface area contributed by atoms with E-state index in [0.29, 0.717) is 18.3 Å². The summed E-state index contributed by atoms with van der Waals surface area (Å²) in [5.41, 5.74) is 0. The van der Waals surface area contributed by atoms with Crippen molar-refractivity contribution in [2.75, 3.05) is 19.7 Å².